The number of amides is 1. The van der Waals surface area contributed by atoms with Crippen LogP contribution in [-0.4, -0.2) is 22.3 Å². The van der Waals surface area contributed by atoms with E-state index in [9.17, 15) is 4.79 Å². The van der Waals surface area contributed by atoms with E-state index in [0.717, 1.165) is 25.1 Å². The predicted molar refractivity (Wildman–Crippen MR) is 62.5 cm³/mol. The van der Waals surface area contributed by atoms with Gasteiger partial charge >= 0.3 is 0 Å². The Hall–Kier alpha value is -1.58. The van der Waals surface area contributed by atoms with Crippen molar-refractivity contribution in [2.24, 2.45) is 5.92 Å². The Morgan fingerprint density at radius 3 is 3.19 bits per heavy atom. The molecule has 2 N–H and O–H groups in total. The number of nitrogen functional groups attached to an aromatic ring is 1. The van der Waals surface area contributed by atoms with E-state index in [1.54, 1.807) is 12.3 Å². The van der Waals surface area contributed by atoms with Gasteiger partial charge in [0, 0.05) is 24.3 Å². The maximum absolute atomic E-state index is 11.9. The van der Waals surface area contributed by atoms with Crippen molar-refractivity contribution in [1.29, 1.82) is 0 Å². The van der Waals surface area contributed by atoms with Crippen LogP contribution >= 0.6 is 0 Å². The number of rotatable bonds is 2. The second-order valence-electron chi connectivity index (χ2n) is 4.38. The minimum absolute atomic E-state index is 0.148. The summed E-state index contributed by atoms with van der Waals surface area (Å²) in [5, 5.41) is 0. The highest BCUT2D eigenvalue weighted by molar-refractivity contribution is 5.79. The number of anilines is 1. The van der Waals surface area contributed by atoms with Crippen LogP contribution in [0.5, 0.6) is 0 Å². The molecule has 1 aromatic rings. The first-order valence-electron chi connectivity index (χ1n) is 5.66. The average molecular weight is 219 g/mol. The molecule has 1 amide bonds. The minimum Gasteiger partial charge on any atom is -0.399 e. The number of carbonyl (C=O) groups is 1. The molecule has 0 bridgehead atoms. The summed E-state index contributed by atoms with van der Waals surface area (Å²) >= 11 is 0. The Morgan fingerprint density at radius 2 is 2.44 bits per heavy atom. The van der Waals surface area contributed by atoms with Crippen molar-refractivity contribution < 1.29 is 4.79 Å². The molecule has 1 atom stereocenters. The summed E-state index contributed by atoms with van der Waals surface area (Å²) in [5.41, 5.74) is 7.24. The Balaban J connectivity index is 2.06. The van der Waals surface area contributed by atoms with E-state index in [1.165, 1.54) is 0 Å². The van der Waals surface area contributed by atoms with Gasteiger partial charge in [-0.1, -0.05) is 6.92 Å². The first-order valence-corrected chi connectivity index (χ1v) is 5.66. The van der Waals surface area contributed by atoms with Gasteiger partial charge in [-0.25, -0.2) is 0 Å². The van der Waals surface area contributed by atoms with Gasteiger partial charge in [0.1, 0.15) is 0 Å². The Labute approximate surface area is 95.5 Å². The zero-order valence-corrected chi connectivity index (χ0v) is 9.52. The van der Waals surface area contributed by atoms with Gasteiger partial charge in [0.05, 0.1) is 12.2 Å². The monoisotopic (exact) mass is 219 g/mol. The van der Waals surface area contributed by atoms with Crippen LogP contribution in [0.3, 0.4) is 0 Å². The van der Waals surface area contributed by atoms with E-state index in [4.69, 9.17) is 5.73 Å². The number of pyridine rings is 1. The van der Waals surface area contributed by atoms with E-state index in [0.29, 0.717) is 12.2 Å². The van der Waals surface area contributed by atoms with Crippen LogP contribution < -0.4 is 5.73 Å². The topological polar surface area (TPSA) is 59.2 Å². The maximum atomic E-state index is 11.9. The van der Waals surface area contributed by atoms with E-state index in [2.05, 4.69) is 4.98 Å². The van der Waals surface area contributed by atoms with Crippen molar-refractivity contribution in [3.8, 4) is 0 Å². The van der Waals surface area contributed by atoms with E-state index in [-0.39, 0.29) is 11.8 Å². The Kier molecular flexibility index (Phi) is 3.08. The number of hydrogen-bond donors (Lipinski definition) is 1. The molecule has 1 saturated heterocycles. The van der Waals surface area contributed by atoms with Crippen LogP contribution in [0.1, 0.15) is 25.5 Å². The van der Waals surface area contributed by atoms with Gasteiger partial charge in [0.15, 0.2) is 0 Å². The zero-order valence-electron chi connectivity index (χ0n) is 9.52. The average Bonchev–Trinajstić information content (AvgIpc) is 2.25. The second kappa shape index (κ2) is 4.51. The summed E-state index contributed by atoms with van der Waals surface area (Å²) in [5.74, 6) is 0.380. The molecule has 0 aromatic carbocycles. The summed E-state index contributed by atoms with van der Waals surface area (Å²) < 4.78 is 0. The van der Waals surface area contributed by atoms with Gasteiger partial charge in [-0.3, -0.25) is 9.78 Å². The Bertz CT molecular complexity index is 392. The van der Waals surface area contributed by atoms with Crippen LogP contribution in [0.2, 0.25) is 0 Å². The SMILES string of the molecule is CC1CCCN(Cc2cc(N)ccn2)C1=O. The van der Waals surface area contributed by atoms with Crippen molar-refractivity contribution in [3.05, 3.63) is 24.0 Å². The summed E-state index contributed by atoms with van der Waals surface area (Å²) in [6.07, 6.45) is 3.76. The van der Waals surface area contributed by atoms with Crippen molar-refractivity contribution in [2.45, 2.75) is 26.3 Å². The first-order chi connectivity index (χ1) is 7.66. The molecule has 0 aliphatic carbocycles. The molecule has 4 heteroatoms. The fraction of sp³-hybridized carbons (Fsp3) is 0.500. The third kappa shape index (κ3) is 2.32. The standard InChI is InChI=1S/C12H17N3O/c1-9-3-2-6-15(12(9)16)8-11-7-10(13)4-5-14-11/h4-5,7,9H,2-3,6,8H2,1H3,(H2,13,14). The third-order valence-electron chi connectivity index (χ3n) is 2.99. The lowest BCUT2D eigenvalue weighted by molar-refractivity contribution is -0.138. The minimum atomic E-state index is 0.148. The highest BCUT2D eigenvalue weighted by atomic mass is 16.2. The molecule has 1 unspecified atom stereocenters. The lowest BCUT2D eigenvalue weighted by Gasteiger charge is -2.30. The number of piperidine rings is 1. The van der Waals surface area contributed by atoms with Crippen LogP contribution in [0, 0.1) is 5.92 Å². The van der Waals surface area contributed by atoms with Gasteiger partial charge in [0.2, 0.25) is 5.91 Å². The van der Waals surface area contributed by atoms with Crippen molar-refractivity contribution in [1.82, 2.24) is 9.88 Å². The number of carbonyl (C=O) groups excluding carboxylic acids is 1. The van der Waals surface area contributed by atoms with Crippen molar-refractivity contribution >= 4 is 11.6 Å². The first kappa shape index (κ1) is 10.9. The quantitative estimate of drug-likeness (QED) is 0.818. The number of nitrogens with two attached hydrogens (primary N) is 1. The molecule has 0 saturated carbocycles. The molecule has 1 aliphatic heterocycles. The van der Waals surface area contributed by atoms with Crippen molar-refractivity contribution in [2.75, 3.05) is 12.3 Å². The molecule has 16 heavy (non-hydrogen) atoms. The molecule has 4 nitrogen and oxygen atoms in total. The van der Waals surface area contributed by atoms with Crippen LogP contribution in [0.15, 0.2) is 18.3 Å². The molecule has 2 heterocycles. The highest BCUT2D eigenvalue weighted by Gasteiger charge is 2.25. The number of likely N-dealkylation sites (tertiary alicyclic amines) is 1. The normalized spacial score (nSPS) is 21.2. The van der Waals surface area contributed by atoms with Crippen LogP contribution in [-0.2, 0) is 11.3 Å². The van der Waals surface area contributed by atoms with Gasteiger partial charge < -0.3 is 10.6 Å². The van der Waals surface area contributed by atoms with E-state index < -0.39 is 0 Å². The van der Waals surface area contributed by atoms with E-state index in [1.807, 2.05) is 17.9 Å². The molecule has 1 aromatic heterocycles. The molecule has 0 radical (unpaired) electrons. The summed E-state index contributed by atoms with van der Waals surface area (Å²) in [6, 6.07) is 3.58. The molecule has 2 rings (SSSR count). The lowest BCUT2D eigenvalue weighted by atomic mass is 9.99. The summed E-state index contributed by atoms with van der Waals surface area (Å²) in [4.78, 5) is 18.0. The van der Waals surface area contributed by atoms with Gasteiger partial charge in [0.25, 0.3) is 0 Å². The number of nitrogens with zero attached hydrogens (tertiary/aromatic N) is 2. The summed E-state index contributed by atoms with van der Waals surface area (Å²) in [6.45, 7) is 3.40. The number of hydrogen-bond acceptors (Lipinski definition) is 3. The number of aromatic nitrogens is 1. The highest BCUT2D eigenvalue weighted by Crippen LogP contribution is 2.19. The fourth-order valence-electron chi connectivity index (χ4n) is 2.07. The molecular formula is C12H17N3O. The molecule has 86 valence electrons. The molecule has 1 aliphatic rings. The van der Waals surface area contributed by atoms with Crippen LogP contribution in [0.25, 0.3) is 0 Å². The van der Waals surface area contributed by atoms with Gasteiger partial charge in [-0.15, -0.1) is 0 Å². The van der Waals surface area contributed by atoms with Gasteiger partial charge in [-0.2, -0.15) is 0 Å². The predicted octanol–water partition coefficient (Wildman–Crippen LogP) is 1.42. The molecule has 0 spiro atoms. The lowest BCUT2D eigenvalue weighted by Crippen LogP contribution is -2.39. The fourth-order valence-corrected chi connectivity index (χ4v) is 2.07. The third-order valence-corrected chi connectivity index (χ3v) is 2.99. The molecular weight excluding hydrogens is 202 g/mol. The van der Waals surface area contributed by atoms with Gasteiger partial charge in [-0.05, 0) is 25.0 Å². The summed E-state index contributed by atoms with van der Waals surface area (Å²) in [7, 11) is 0. The largest absolute Gasteiger partial charge is 0.399 e. The Morgan fingerprint density at radius 1 is 1.62 bits per heavy atom. The zero-order chi connectivity index (χ0) is 11.5. The second-order valence-corrected chi connectivity index (χ2v) is 4.38. The van der Waals surface area contributed by atoms with Crippen LogP contribution in [0.4, 0.5) is 5.69 Å². The van der Waals surface area contributed by atoms with E-state index >= 15 is 0 Å². The van der Waals surface area contributed by atoms with Crippen molar-refractivity contribution in [3.63, 3.8) is 0 Å². The maximum Gasteiger partial charge on any atom is 0.225 e. The molecule has 1 fully saturated rings. The smallest absolute Gasteiger partial charge is 0.225 e.